The smallest absolute Gasteiger partial charge is 0.180 e. The summed E-state index contributed by atoms with van der Waals surface area (Å²) in [5.74, 6) is -0.0163. The van der Waals surface area contributed by atoms with E-state index in [1.165, 1.54) is 0 Å². The Hall–Kier alpha value is -0.950. The highest BCUT2D eigenvalue weighted by Gasteiger charge is 2.21. The molecule has 1 aromatic rings. The van der Waals surface area contributed by atoms with Crippen LogP contribution in [0.4, 0.5) is 0 Å². The fourth-order valence-corrected chi connectivity index (χ4v) is 2.79. The van der Waals surface area contributed by atoms with E-state index >= 15 is 0 Å². The molecule has 2 N–H and O–H groups in total. The van der Waals surface area contributed by atoms with Crippen molar-refractivity contribution < 1.29 is 17.9 Å². The normalized spacial score (nSPS) is 16.5. The molecular weight excluding hydrogens is 254 g/mol. The molecule has 0 aromatic heterocycles. The molecule has 6 heteroatoms. The van der Waals surface area contributed by atoms with E-state index in [4.69, 9.17) is 15.2 Å². The first kappa shape index (κ1) is 13.5. The van der Waals surface area contributed by atoms with Gasteiger partial charge >= 0.3 is 0 Å². The average molecular weight is 271 g/mol. The summed E-state index contributed by atoms with van der Waals surface area (Å²) in [5.41, 5.74) is 6.30. The van der Waals surface area contributed by atoms with Gasteiger partial charge in [0.2, 0.25) is 0 Å². The van der Waals surface area contributed by atoms with Gasteiger partial charge in [0.05, 0.1) is 30.5 Å². The van der Waals surface area contributed by atoms with Crippen LogP contribution < -0.4 is 5.73 Å². The Bertz CT molecular complexity index is 497. The monoisotopic (exact) mass is 271 g/mol. The lowest BCUT2D eigenvalue weighted by Gasteiger charge is -2.25. The van der Waals surface area contributed by atoms with Crippen LogP contribution >= 0.6 is 0 Å². The Morgan fingerprint density at radius 3 is 2.78 bits per heavy atom. The van der Waals surface area contributed by atoms with Gasteiger partial charge in [0.25, 0.3) is 0 Å². The molecule has 0 aliphatic carbocycles. The zero-order chi connectivity index (χ0) is 13.0. The highest BCUT2D eigenvalue weighted by Crippen LogP contribution is 2.14. The second-order valence-electron chi connectivity index (χ2n) is 4.20. The average Bonchev–Trinajstić information content (AvgIpc) is 2.32. The van der Waals surface area contributed by atoms with Gasteiger partial charge in [-0.2, -0.15) is 0 Å². The molecule has 5 nitrogen and oxygen atoms in total. The summed E-state index contributed by atoms with van der Waals surface area (Å²) in [6.45, 7) is 1.65. The van der Waals surface area contributed by atoms with Gasteiger partial charge in [-0.3, -0.25) is 0 Å². The van der Waals surface area contributed by atoms with E-state index in [1.54, 1.807) is 24.3 Å². The van der Waals surface area contributed by atoms with Crippen molar-refractivity contribution in [3.8, 4) is 0 Å². The van der Waals surface area contributed by atoms with Gasteiger partial charge in [0.15, 0.2) is 9.84 Å². The van der Waals surface area contributed by atoms with Crippen LogP contribution in [-0.4, -0.2) is 40.1 Å². The molecular formula is C12H17NO4S. The molecule has 1 aromatic carbocycles. The fourth-order valence-electron chi connectivity index (χ4n) is 1.62. The number of nitrogens with two attached hydrogens (primary N) is 1. The number of sulfone groups is 1. The first-order valence-corrected chi connectivity index (χ1v) is 7.48. The van der Waals surface area contributed by atoms with Crippen molar-refractivity contribution in [2.45, 2.75) is 17.5 Å². The highest BCUT2D eigenvalue weighted by molar-refractivity contribution is 7.91. The van der Waals surface area contributed by atoms with Crippen molar-refractivity contribution >= 4 is 9.84 Å². The number of benzene rings is 1. The van der Waals surface area contributed by atoms with E-state index in [2.05, 4.69) is 0 Å². The first-order chi connectivity index (χ1) is 8.62. The lowest BCUT2D eigenvalue weighted by atomic mass is 10.2. The van der Waals surface area contributed by atoms with E-state index in [1.807, 2.05) is 0 Å². The van der Waals surface area contributed by atoms with Crippen molar-refractivity contribution in [3.63, 3.8) is 0 Å². The van der Waals surface area contributed by atoms with Crippen molar-refractivity contribution in [1.29, 1.82) is 0 Å². The third-order valence-electron chi connectivity index (χ3n) is 2.81. The summed E-state index contributed by atoms with van der Waals surface area (Å²) in [7, 11) is -3.29. The third kappa shape index (κ3) is 3.29. The van der Waals surface area contributed by atoms with Gasteiger partial charge in [-0.05, 0) is 17.7 Å². The summed E-state index contributed by atoms with van der Waals surface area (Å²) >= 11 is 0. The van der Waals surface area contributed by atoms with Gasteiger partial charge in [-0.15, -0.1) is 0 Å². The molecule has 1 aliphatic rings. The number of hydrogen-bond acceptors (Lipinski definition) is 5. The molecule has 0 saturated carbocycles. The van der Waals surface area contributed by atoms with Crippen LogP contribution in [-0.2, 0) is 25.9 Å². The van der Waals surface area contributed by atoms with Crippen LogP contribution in [0.1, 0.15) is 5.56 Å². The van der Waals surface area contributed by atoms with Crippen molar-refractivity contribution in [2.75, 3.05) is 25.6 Å². The predicted molar refractivity (Wildman–Crippen MR) is 66.9 cm³/mol. The predicted octanol–water partition coefficient (Wildman–Crippen LogP) is 0.334. The van der Waals surface area contributed by atoms with Crippen LogP contribution in [0.2, 0.25) is 0 Å². The molecule has 1 saturated heterocycles. The molecule has 1 aliphatic heterocycles. The summed E-state index contributed by atoms with van der Waals surface area (Å²) in [6.07, 6.45) is 0.0515. The van der Waals surface area contributed by atoms with Crippen LogP contribution in [0.15, 0.2) is 29.2 Å². The first-order valence-electron chi connectivity index (χ1n) is 5.83. The van der Waals surface area contributed by atoms with Gasteiger partial charge in [-0.25, -0.2) is 8.42 Å². The molecule has 2 rings (SSSR count). The van der Waals surface area contributed by atoms with E-state index in [9.17, 15) is 8.42 Å². The molecule has 18 heavy (non-hydrogen) atoms. The maximum Gasteiger partial charge on any atom is 0.180 e. The van der Waals surface area contributed by atoms with E-state index in [0.717, 1.165) is 5.56 Å². The Kier molecular flexibility index (Phi) is 4.34. The molecule has 0 bridgehead atoms. The summed E-state index contributed by atoms with van der Waals surface area (Å²) < 4.78 is 34.4. The van der Waals surface area contributed by atoms with Gasteiger partial charge in [0, 0.05) is 6.54 Å². The molecule has 100 valence electrons. The zero-order valence-corrected chi connectivity index (χ0v) is 10.9. The quantitative estimate of drug-likeness (QED) is 0.807. The lowest BCUT2D eigenvalue weighted by Crippen LogP contribution is -2.37. The fraction of sp³-hybridized carbons (Fsp3) is 0.500. The van der Waals surface area contributed by atoms with E-state index in [0.29, 0.717) is 24.7 Å². The van der Waals surface area contributed by atoms with Crippen LogP contribution in [0, 0.1) is 0 Å². The second-order valence-corrected chi connectivity index (χ2v) is 6.31. The van der Waals surface area contributed by atoms with Crippen molar-refractivity contribution in [1.82, 2.24) is 0 Å². The largest absolute Gasteiger partial charge is 0.376 e. The minimum atomic E-state index is -3.29. The number of hydrogen-bond donors (Lipinski definition) is 1. The Morgan fingerprint density at radius 1 is 1.39 bits per heavy atom. The molecule has 0 unspecified atom stereocenters. The summed E-state index contributed by atoms with van der Waals surface area (Å²) in [4.78, 5) is 0.305. The highest BCUT2D eigenvalue weighted by atomic mass is 32.2. The topological polar surface area (TPSA) is 78.6 Å². The summed E-state index contributed by atoms with van der Waals surface area (Å²) in [5, 5.41) is 0. The Morgan fingerprint density at radius 2 is 2.17 bits per heavy atom. The minimum absolute atomic E-state index is 0.0163. The van der Waals surface area contributed by atoms with E-state index < -0.39 is 9.84 Å². The molecule has 0 atom stereocenters. The minimum Gasteiger partial charge on any atom is -0.376 e. The van der Waals surface area contributed by atoms with Crippen LogP contribution in [0.5, 0.6) is 0 Å². The zero-order valence-electron chi connectivity index (χ0n) is 10.0. The van der Waals surface area contributed by atoms with Gasteiger partial charge in [0.1, 0.15) is 6.10 Å². The molecule has 0 amide bonds. The Labute approximate surface area is 107 Å². The summed E-state index contributed by atoms with van der Waals surface area (Å²) in [6, 6.07) is 6.71. The van der Waals surface area contributed by atoms with Gasteiger partial charge < -0.3 is 15.2 Å². The van der Waals surface area contributed by atoms with Gasteiger partial charge in [-0.1, -0.05) is 12.1 Å². The molecule has 1 heterocycles. The number of rotatable bonds is 6. The van der Waals surface area contributed by atoms with Crippen molar-refractivity contribution in [3.05, 3.63) is 29.8 Å². The molecule has 0 spiro atoms. The lowest BCUT2D eigenvalue weighted by molar-refractivity contribution is -0.126. The van der Waals surface area contributed by atoms with Crippen LogP contribution in [0.25, 0.3) is 0 Å². The third-order valence-corrected chi connectivity index (χ3v) is 4.48. The maximum atomic E-state index is 12.0. The molecule has 1 fully saturated rings. The maximum absolute atomic E-state index is 12.0. The Balaban J connectivity index is 1.95. The number of ether oxygens (including phenoxy) is 2. The van der Waals surface area contributed by atoms with Crippen LogP contribution in [0.3, 0.4) is 0 Å². The van der Waals surface area contributed by atoms with E-state index in [-0.39, 0.29) is 18.5 Å². The molecule has 0 radical (unpaired) electrons. The SMILES string of the molecule is NCc1cccc(S(=O)(=O)CCOC2COC2)c1. The second kappa shape index (κ2) is 5.79. The van der Waals surface area contributed by atoms with Crippen molar-refractivity contribution in [2.24, 2.45) is 5.73 Å². The standard InChI is InChI=1S/C12H17NO4S/c13-7-10-2-1-3-12(6-10)18(14,15)5-4-17-11-8-16-9-11/h1-3,6,11H,4-5,7-9,13H2.